The number of benzene rings is 2. The number of amides is 1. The SMILES string of the molecule is COc1cc(C(=O)Nc2cc(N)ccc2F)ccc1F. The van der Waals surface area contributed by atoms with Crippen LogP contribution in [-0.2, 0) is 0 Å². The highest BCUT2D eigenvalue weighted by Crippen LogP contribution is 2.21. The first-order valence-corrected chi connectivity index (χ1v) is 5.71. The lowest BCUT2D eigenvalue weighted by Gasteiger charge is -2.08. The summed E-state index contributed by atoms with van der Waals surface area (Å²) >= 11 is 0. The molecule has 3 N–H and O–H groups in total. The van der Waals surface area contributed by atoms with E-state index in [1.807, 2.05) is 0 Å². The molecule has 2 aromatic rings. The molecule has 0 aliphatic rings. The third-order valence-electron chi connectivity index (χ3n) is 2.65. The molecule has 0 unspecified atom stereocenters. The summed E-state index contributed by atoms with van der Waals surface area (Å²) in [6, 6.07) is 7.44. The van der Waals surface area contributed by atoms with Crippen molar-refractivity contribution in [3.8, 4) is 5.75 Å². The summed E-state index contributed by atoms with van der Waals surface area (Å²) < 4.78 is 31.5. The first kappa shape index (κ1) is 13.8. The van der Waals surface area contributed by atoms with Crippen LogP contribution in [0.1, 0.15) is 10.4 Å². The van der Waals surface area contributed by atoms with Gasteiger partial charge in [-0.1, -0.05) is 0 Å². The lowest BCUT2D eigenvalue weighted by molar-refractivity contribution is 0.102. The molecule has 2 rings (SSSR count). The molecule has 0 fully saturated rings. The average Bonchev–Trinajstić information content (AvgIpc) is 2.43. The van der Waals surface area contributed by atoms with Crippen molar-refractivity contribution >= 4 is 17.3 Å². The predicted octanol–water partition coefficient (Wildman–Crippen LogP) is 2.81. The number of nitrogens with one attached hydrogen (secondary N) is 1. The largest absolute Gasteiger partial charge is 0.494 e. The maximum Gasteiger partial charge on any atom is 0.255 e. The van der Waals surface area contributed by atoms with Crippen LogP contribution in [0.2, 0.25) is 0 Å². The molecule has 0 bridgehead atoms. The number of nitrogen functional groups attached to an aromatic ring is 1. The van der Waals surface area contributed by atoms with Crippen molar-refractivity contribution in [3.63, 3.8) is 0 Å². The maximum absolute atomic E-state index is 13.5. The molecule has 20 heavy (non-hydrogen) atoms. The van der Waals surface area contributed by atoms with Gasteiger partial charge in [-0.15, -0.1) is 0 Å². The molecule has 0 aromatic heterocycles. The van der Waals surface area contributed by atoms with Crippen molar-refractivity contribution in [2.75, 3.05) is 18.2 Å². The fourth-order valence-corrected chi connectivity index (χ4v) is 1.63. The number of hydrogen-bond donors (Lipinski definition) is 2. The van der Waals surface area contributed by atoms with Gasteiger partial charge in [-0.05, 0) is 36.4 Å². The number of methoxy groups -OCH3 is 1. The zero-order chi connectivity index (χ0) is 14.7. The Morgan fingerprint density at radius 3 is 2.55 bits per heavy atom. The second kappa shape index (κ2) is 5.56. The van der Waals surface area contributed by atoms with Crippen LogP contribution in [0.3, 0.4) is 0 Å². The van der Waals surface area contributed by atoms with Crippen molar-refractivity contribution in [1.29, 1.82) is 0 Å². The fraction of sp³-hybridized carbons (Fsp3) is 0.0714. The number of anilines is 2. The second-order valence-corrected chi connectivity index (χ2v) is 4.04. The van der Waals surface area contributed by atoms with E-state index in [-0.39, 0.29) is 17.0 Å². The Kier molecular flexibility index (Phi) is 3.84. The van der Waals surface area contributed by atoms with Gasteiger partial charge in [0.25, 0.3) is 5.91 Å². The molecule has 6 heteroatoms. The minimum atomic E-state index is -0.610. The molecule has 0 heterocycles. The molecule has 4 nitrogen and oxygen atoms in total. The molecule has 0 atom stereocenters. The molecule has 0 spiro atoms. The van der Waals surface area contributed by atoms with E-state index in [0.717, 1.165) is 12.1 Å². The first-order valence-electron chi connectivity index (χ1n) is 5.71. The Morgan fingerprint density at radius 2 is 1.85 bits per heavy atom. The Bertz CT molecular complexity index is 660. The molecule has 2 aromatic carbocycles. The molecule has 0 aliphatic heterocycles. The summed E-state index contributed by atoms with van der Waals surface area (Å²) in [7, 11) is 1.29. The molecule has 0 radical (unpaired) electrons. The van der Waals surface area contributed by atoms with Gasteiger partial charge in [0, 0.05) is 11.3 Å². The van der Waals surface area contributed by atoms with Gasteiger partial charge in [0.2, 0.25) is 0 Å². The van der Waals surface area contributed by atoms with E-state index in [9.17, 15) is 13.6 Å². The van der Waals surface area contributed by atoms with E-state index in [4.69, 9.17) is 10.5 Å². The topological polar surface area (TPSA) is 64.3 Å². The number of ether oxygens (including phenoxy) is 1. The quantitative estimate of drug-likeness (QED) is 0.848. The van der Waals surface area contributed by atoms with Gasteiger partial charge in [0.1, 0.15) is 5.82 Å². The van der Waals surface area contributed by atoms with Crippen molar-refractivity contribution in [2.24, 2.45) is 0 Å². The van der Waals surface area contributed by atoms with Crippen LogP contribution in [0.25, 0.3) is 0 Å². The van der Waals surface area contributed by atoms with Gasteiger partial charge in [0.15, 0.2) is 11.6 Å². The van der Waals surface area contributed by atoms with E-state index in [1.54, 1.807) is 0 Å². The van der Waals surface area contributed by atoms with Crippen LogP contribution < -0.4 is 15.8 Å². The van der Waals surface area contributed by atoms with Crippen LogP contribution in [0.4, 0.5) is 20.2 Å². The lowest BCUT2D eigenvalue weighted by atomic mass is 10.2. The van der Waals surface area contributed by atoms with Gasteiger partial charge in [0.05, 0.1) is 12.8 Å². The Hall–Kier alpha value is -2.63. The third-order valence-corrected chi connectivity index (χ3v) is 2.65. The summed E-state index contributed by atoms with van der Waals surface area (Å²) in [5.41, 5.74) is 5.94. The number of rotatable bonds is 3. The monoisotopic (exact) mass is 278 g/mol. The standard InChI is InChI=1S/C14H12F2N2O2/c1-20-13-6-8(2-4-11(13)16)14(19)18-12-7-9(17)3-5-10(12)15/h2-7H,17H2,1H3,(H,18,19). The van der Waals surface area contributed by atoms with Gasteiger partial charge in [-0.3, -0.25) is 4.79 Å². The maximum atomic E-state index is 13.5. The highest BCUT2D eigenvalue weighted by Gasteiger charge is 2.12. The van der Waals surface area contributed by atoms with E-state index < -0.39 is 17.5 Å². The minimum absolute atomic E-state index is 0.0432. The first-order chi connectivity index (χ1) is 9.51. The van der Waals surface area contributed by atoms with E-state index in [2.05, 4.69) is 5.32 Å². The van der Waals surface area contributed by atoms with Crippen LogP contribution >= 0.6 is 0 Å². The predicted molar refractivity (Wildman–Crippen MR) is 71.7 cm³/mol. The van der Waals surface area contributed by atoms with Crippen molar-refractivity contribution in [2.45, 2.75) is 0 Å². The highest BCUT2D eigenvalue weighted by molar-refractivity contribution is 6.04. The van der Waals surface area contributed by atoms with Crippen LogP contribution in [0.15, 0.2) is 36.4 Å². The summed E-state index contributed by atoms with van der Waals surface area (Å²) in [6.45, 7) is 0. The van der Waals surface area contributed by atoms with E-state index in [1.165, 1.54) is 31.4 Å². The third kappa shape index (κ3) is 2.85. The second-order valence-electron chi connectivity index (χ2n) is 4.04. The molecular weight excluding hydrogens is 266 g/mol. The zero-order valence-corrected chi connectivity index (χ0v) is 10.6. The van der Waals surface area contributed by atoms with Crippen LogP contribution in [-0.4, -0.2) is 13.0 Å². The van der Waals surface area contributed by atoms with Gasteiger partial charge in [-0.2, -0.15) is 0 Å². The Labute approximate surface area is 114 Å². The van der Waals surface area contributed by atoms with E-state index in [0.29, 0.717) is 5.69 Å². The molecule has 0 aliphatic carbocycles. The number of hydrogen-bond acceptors (Lipinski definition) is 3. The molecule has 0 saturated heterocycles. The fourth-order valence-electron chi connectivity index (χ4n) is 1.63. The normalized spacial score (nSPS) is 10.2. The van der Waals surface area contributed by atoms with E-state index >= 15 is 0 Å². The molecule has 1 amide bonds. The number of nitrogens with two attached hydrogens (primary N) is 1. The van der Waals surface area contributed by atoms with Crippen molar-refractivity contribution in [1.82, 2.24) is 0 Å². The Morgan fingerprint density at radius 1 is 1.15 bits per heavy atom. The highest BCUT2D eigenvalue weighted by atomic mass is 19.1. The Balaban J connectivity index is 2.26. The summed E-state index contributed by atoms with van der Waals surface area (Å²) in [5, 5.41) is 2.37. The average molecular weight is 278 g/mol. The molecular formula is C14H12F2N2O2. The van der Waals surface area contributed by atoms with Crippen LogP contribution in [0, 0.1) is 11.6 Å². The number of carbonyl (C=O) groups is 1. The summed E-state index contributed by atoms with van der Waals surface area (Å²) in [5.74, 6) is -1.85. The van der Waals surface area contributed by atoms with Crippen LogP contribution in [0.5, 0.6) is 5.75 Å². The summed E-state index contributed by atoms with van der Waals surface area (Å²) in [6.07, 6.45) is 0. The molecule has 104 valence electrons. The van der Waals surface area contributed by atoms with Gasteiger partial charge in [-0.25, -0.2) is 8.78 Å². The van der Waals surface area contributed by atoms with Gasteiger partial charge >= 0.3 is 0 Å². The number of carbonyl (C=O) groups excluding carboxylic acids is 1. The van der Waals surface area contributed by atoms with Gasteiger partial charge < -0.3 is 15.8 Å². The zero-order valence-electron chi connectivity index (χ0n) is 10.6. The number of halogens is 2. The molecule has 0 saturated carbocycles. The van der Waals surface area contributed by atoms with Crippen molar-refractivity contribution in [3.05, 3.63) is 53.6 Å². The smallest absolute Gasteiger partial charge is 0.255 e. The van der Waals surface area contributed by atoms with Crippen molar-refractivity contribution < 1.29 is 18.3 Å². The minimum Gasteiger partial charge on any atom is -0.494 e. The summed E-state index contributed by atoms with van der Waals surface area (Å²) in [4.78, 5) is 12.0. The lowest BCUT2D eigenvalue weighted by Crippen LogP contribution is -2.13.